The normalized spacial score (nSPS) is 16.4. The lowest BCUT2D eigenvalue weighted by molar-refractivity contribution is 0.333. The molecule has 0 amide bonds. The maximum atomic E-state index is 10.1. The Bertz CT molecular complexity index is 776. The SMILES string of the molecule is COc1cc(-c2nn(C)/c(=N\C3CCCCC3)s2)cc(O)c1OC. The zero-order valence-corrected chi connectivity index (χ0v) is 15.1. The van der Waals surface area contributed by atoms with E-state index in [0.29, 0.717) is 17.5 Å². The summed E-state index contributed by atoms with van der Waals surface area (Å²) >= 11 is 1.53. The summed E-state index contributed by atoms with van der Waals surface area (Å²) in [4.78, 5) is 5.77. The molecule has 1 N–H and O–H groups in total. The molecular weight excluding hydrogens is 326 g/mol. The molecule has 1 heterocycles. The van der Waals surface area contributed by atoms with Gasteiger partial charge in [-0.15, -0.1) is 0 Å². The van der Waals surface area contributed by atoms with Gasteiger partial charge in [-0.25, -0.2) is 4.68 Å². The Kier molecular flexibility index (Phi) is 5.08. The van der Waals surface area contributed by atoms with Crippen LogP contribution in [0.2, 0.25) is 0 Å². The number of hydrogen-bond acceptors (Lipinski definition) is 6. The number of methoxy groups -OCH3 is 2. The molecule has 0 aliphatic heterocycles. The Morgan fingerprint density at radius 2 is 1.96 bits per heavy atom. The predicted octanol–water partition coefficient (Wildman–Crippen LogP) is 3.10. The van der Waals surface area contributed by atoms with Crippen LogP contribution in [-0.4, -0.2) is 35.1 Å². The summed E-state index contributed by atoms with van der Waals surface area (Å²) < 4.78 is 12.3. The summed E-state index contributed by atoms with van der Waals surface area (Å²) in [5.41, 5.74) is 0.788. The lowest BCUT2D eigenvalue weighted by Crippen LogP contribution is -2.18. The second kappa shape index (κ2) is 7.25. The molecule has 0 unspecified atom stereocenters. The van der Waals surface area contributed by atoms with Crippen molar-refractivity contribution in [1.29, 1.82) is 0 Å². The fraction of sp³-hybridized carbons (Fsp3) is 0.529. The van der Waals surface area contributed by atoms with Crippen LogP contribution in [0, 0.1) is 0 Å². The van der Waals surface area contributed by atoms with E-state index in [2.05, 4.69) is 5.10 Å². The number of phenolic OH excluding ortho intramolecular Hbond substituents is 1. The predicted molar refractivity (Wildman–Crippen MR) is 93.7 cm³/mol. The number of hydrogen-bond donors (Lipinski definition) is 1. The summed E-state index contributed by atoms with van der Waals surface area (Å²) in [5, 5.41) is 15.5. The van der Waals surface area contributed by atoms with Gasteiger partial charge in [0.25, 0.3) is 0 Å². The van der Waals surface area contributed by atoms with Gasteiger partial charge in [0.05, 0.1) is 20.3 Å². The molecule has 1 aromatic heterocycles. The number of aromatic nitrogens is 2. The first kappa shape index (κ1) is 16.8. The molecule has 1 aliphatic rings. The molecule has 2 aromatic rings. The highest BCUT2D eigenvalue weighted by Gasteiger charge is 2.16. The van der Waals surface area contributed by atoms with Crippen LogP contribution >= 0.6 is 11.3 Å². The third-order valence-electron chi connectivity index (χ3n) is 4.28. The van der Waals surface area contributed by atoms with Gasteiger partial charge in [-0.2, -0.15) is 5.10 Å². The highest BCUT2D eigenvalue weighted by Crippen LogP contribution is 2.40. The first-order valence-corrected chi connectivity index (χ1v) is 8.97. The zero-order valence-electron chi connectivity index (χ0n) is 14.3. The zero-order chi connectivity index (χ0) is 17.1. The van der Waals surface area contributed by atoms with Crippen LogP contribution in [0.3, 0.4) is 0 Å². The quantitative estimate of drug-likeness (QED) is 0.921. The van der Waals surface area contributed by atoms with Crippen LogP contribution in [0.15, 0.2) is 17.1 Å². The molecule has 0 radical (unpaired) electrons. The number of aromatic hydroxyl groups is 1. The van der Waals surface area contributed by atoms with Gasteiger partial charge in [-0.3, -0.25) is 4.99 Å². The Morgan fingerprint density at radius 1 is 1.21 bits per heavy atom. The van der Waals surface area contributed by atoms with Crippen molar-refractivity contribution in [3.8, 4) is 27.8 Å². The molecular formula is C17H23N3O3S. The number of nitrogens with zero attached hydrogens (tertiary/aromatic N) is 3. The standard InChI is InChI=1S/C17H23N3O3S/c1-20-17(18-12-7-5-4-6-8-12)24-16(19-20)11-9-13(21)15(23-3)14(10-11)22-2/h9-10,12,21H,4-8H2,1-3H3/b18-17+. The van der Waals surface area contributed by atoms with Crippen molar-refractivity contribution < 1.29 is 14.6 Å². The molecule has 130 valence electrons. The number of ether oxygens (including phenoxy) is 2. The average molecular weight is 349 g/mol. The molecule has 1 aromatic carbocycles. The molecule has 0 saturated heterocycles. The highest BCUT2D eigenvalue weighted by molar-refractivity contribution is 7.12. The molecule has 1 fully saturated rings. The molecule has 3 rings (SSSR count). The molecule has 0 bridgehead atoms. The van der Waals surface area contributed by atoms with Crippen LogP contribution in [-0.2, 0) is 7.05 Å². The molecule has 0 atom stereocenters. The topological polar surface area (TPSA) is 68.9 Å². The minimum absolute atomic E-state index is 0.0375. The average Bonchev–Trinajstić information content (AvgIpc) is 2.95. The van der Waals surface area contributed by atoms with Gasteiger partial charge in [-0.05, 0) is 25.0 Å². The fourth-order valence-corrected chi connectivity index (χ4v) is 3.96. The van der Waals surface area contributed by atoms with E-state index in [1.165, 1.54) is 37.7 Å². The van der Waals surface area contributed by atoms with E-state index in [-0.39, 0.29) is 5.75 Å². The van der Waals surface area contributed by atoms with Gasteiger partial charge < -0.3 is 14.6 Å². The smallest absolute Gasteiger partial charge is 0.203 e. The molecule has 7 heteroatoms. The summed E-state index contributed by atoms with van der Waals surface area (Å²) in [6.07, 6.45) is 6.14. The Balaban J connectivity index is 1.97. The van der Waals surface area contributed by atoms with Crippen LogP contribution in [0.1, 0.15) is 32.1 Å². The number of benzene rings is 1. The van der Waals surface area contributed by atoms with Gasteiger partial charge in [-0.1, -0.05) is 30.6 Å². The van der Waals surface area contributed by atoms with E-state index in [9.17, 15) is 5.11 Å². The number of phenols is 1. The monoisotopic (exact) mass is 349 g/mol. The summed E-state index contributed by atoms with van der Waals surface area (Å²) in [7, 11) is 4.96. The maximum Gasteiger partial charge on any atom is 0.203 e. The van der Waals surface area contributed by atoms with Crippen molar-refractivity contribution in [3.63, 3.8) is 0 Å². The fourth-order valence-electron chi connectivity index (χ4n) is 3.01. The summed E-state index contributed by atoms with van der Waals surface area (Å²) in [6, 6.07) is 3.86. The molecule has 0 spiro atoms. The second-order valence-electron chi connectivity index (χ2n) is 5.97. The van der Waals surface area contributed by atoms with Gasteiger partial charge in [0.1, 0.15) is 5.01 Å². The molecule has 6 nitrogen and oxygen atoms in total. The molecule has 24 heavy (non-hydrogen) atoms. The van der Waals surface area contributed by atoms with Gasteiger partial charge in [0.15, 0.2) is 11.5 Å². The van der Waals surface area contributed by atoms with E-state index in [1.807, 2.05) is 17.8 Å². The van der Waals surface area contributed by atoms with Gasteiger partial charge >= 0.3 is 0 Å². The largest absolute Gasteiger partial charge is 0.504 e. The lowest BCUT2D eigenvalue weighted by Gasteiger charge is -2.16. The number of rotatable bonds is 4. The van der Waals surface area contributed by atoms with E-state index < -0.39 is 0 Å². The molecule has 1 aliphatic carbocycles. The van der Waals surface area contributed by atoms with E-state index in [4.69, 9.17) is 14.5 Å². The van der Waals surface area contributed by atoms with Crippen LogP contribution in [0.4, 0.5) is 0 Å². The first-order chi connectivity index (χ1) is 11.6. The first-order valence-electron chi connectivity index (χ1n) is 8.15. The third kappa shape index (κ3) is 3.40. The Labute approximate surface area is 145 Å². The third-order valence-corrected chi connectivity index (χ3v) is 5.34. The van der Waals surface area contributed by atoms with Gasteiger partial charge in [0, 0.05) is 12.6 Å². The Hall–Kier alpha value is -2.02. The van der Waals surface area contributed by atoms with E-state index in [0.717, 1.165) is 28.2 Å². The van der Waals surface area contributed by atoms with E-state index >= 15 is 0 Å². The highest BCUT2D eigenvalue weighted by atomic mass is 32.1. The minimum Gasteiger partial charge on any atom is -0.504 e. The van der Waals surface area contributed by atoms with Crippen LogP contribution in [0.5, 0.6) is 17.2 Å². The summed E-state index contributed by atoms with van der Waals surface area (Å²) in [6.45, 7) is 0. The van der Waals surface area contributed by atoms with Crippen molar-refractivity contribution >= 4 is 11.3 Å². The van der Waals surface area contributed by atoms with Crippen molar-refractivity contribution in [2.24, 2.45) is 12.0 Å². The lowest BCUT2D eigenvalue weighted by atomic mass is 9.96. The number of aryl methyl sites for hydroxylation is 1. The maximum absolute atomic E-state index is 10.1. The second-order valence-corrected chi connectivity index (χ2v) is 6.92. The van der Waals surface area contributed by atoms with Gasteiger partial charge in [0.2, 0.25) is 10.6 Å². The summed E-state index contributed by atoms with van der Waals surface area (Å²) in [5.74, 6) is 0.848. The Morgan fingerprint density at radius 3 is 2.62 bits per heavy atom. The van der Waals surface area contributed by atoms with Crippen molar-refractivity contribution in [2.75, 3.05) is 14.2 Å². The van der Waals surface area contributed by atoms with Crippen molar-refractivity contribution in [2.45, 2.75) is 38.1 Å². The van der Waals surface area contributed by atoms with E-state index in [1.54, 1.807) is 13.2 Å². The van der Waals surface area contributed by atoms with Crippen LogP contribution in [0.25, 0.3) is 10.6 Å². The van der Waals surface area contributed by atoms with Crippen LogP contribution < -0.4 is 14.3 Å². The van der Waals surface area contributed by atoms with Crippen molar-refractivity contribution in [3.05, 3.63) is 16.9 Å². The van der Waals surface area contributed by atoms with Crippen molar-refractivity contribution in [1.82, 2.24) is 9.78 Å². The minimum atomic E-state index is 0.0375. The molecule has 1 saturated carbocycles.